The van der Waals surface area contributed by atoms with E-state index in [0.717, 1.165) is 17.7 Å². The summed E-state index contributed by atoms with van der Waals surface area (Å²) in [6.07, 6.45) is 21.3. The molecule has 0 saturated carbocycles. The van der Waals surface area contributed by atoms with Crippen LogP contribution in [0.2, 0.25) is 0 Å². The maximum Gasteiger partial charge on any atom is 0.316 e. The number of phenols is 1. The highest BCUT2D eigenvalue weighted by atomic mass is 32.2. The van der Waals surface area contributed by atoms with Crippen molar-refractivity contribution in [3.8, 4) is 5.75 Å². The monoisotopic (exact) mass is 521 g/mol. The fourth-order valence-electron chi connectivity index (χ4n) is 4.19. The number of phenolic OH excluding ortho intramolecular Hbond substituents is 1. The zero-order valence-electron chi connectivity index (χ0n) is 22.6. The summed E-state index contributed by atoms with van der Waals surface area (Å²) in [7, 11) is 0. The Balaban J connectivity index is 1.95. The maximum absolute atomic E-state index is 12.1. The molecule has 0 unspecified atom stereocenters. The molecule has 0 saturated heterocycles. The SMILES string of the molecule is CCCCCCCCCCCCCCCCCCN(CNC(=O)CCSc1ccc(O)cc1)C(N)=O. The van der Waals surface area contributed by atoms with Gasteiger partial charge >= 0.3 is 6.03 Å². The van der Waals surface area contributed by atoms with E-state index in [1.807, 2.05) is 12.1 Å². The lowest BCUT2D eigenvalue weighted by Crippen LogP contribution is -2.44. The zero-order chi connectivity index (χ0) is 26.3. The fraction of sp³-hybridized carbons (Fsp3) is 0.724. The van der Waals surface area contributed by atoms with E-state index in [9.17, 15) is 14.7 Å². The molecule has 206 valence electrons. The van der Waals surface area contributed by atoms with Gasteiger partial charge in [0.05, 0.1) is 6.67 Å². The van der Waals surface area contributed by atoms with Crippen molar-refractivity contribution < 1.29 is 14.7 Å². The molecule has 0 spiro atoms. The first kappa shape index (κ1) is 32.1. The maximum atomic E-state index is 12.1. The van der Waals surface area contributed by atoms with Crippen molar-refractivity contribution in [1.82, 2.24) is 10.2 Å². The number of amides is 3. The number of nitrogens with two attached hydrogens (primary N) is 1. The molecule has 0 fully saturated rings. The minimum absolute atomic E-state index is 0.0977. The third-order valence-corrected chi connectivity index (χ3v) is 7.51. The second-order valence-corrected chi connectivity index (χ2v) is 10.9. The summed E-state index contributed by atoms with van der Waals surface area (Å²) >= 11 is 1.55. The molecule has 1 aromatic rings. The topological polar surface area (TPSA) is 95.7 Å². The molecule has 6 nitrogen and oxygen atoms in total. The Morgan fingerprint density at radius 3 is 1.75 bits per heavy atom. The van der Waals surface area contributed by atoms with Crippen LogP contribution in [-0.4, -0.2) is 40.9 Å². The molecule has 0 aliphatic rings. The number of unbranched alkanes of at least 4 members (excludes halogenated alkanes) is 15. The molecule has 4 N–H and O–H groups in total. The van der Waals surface area contributed by atoms with E-state index in [2.05, 4.69) is 12.2 Å². The lowest BCUT2D eigenvalue weighted by atomic mass is 10.0. The minimum atomic E-state index is -0.491. The first-order valence-electron chi connectivity index (χ1n) is 14.3. The number of nitrogens with one attached hydrogen (secondary N) is 1. The van der Waals surface area contributed by atoms with Gasteiger partial charge in [0.25, 0.3) is 0 Å². The number of rotatable bonds is 23. The smallest absolute Gasteiger partial charge is 0.316 e. The van der Waals surface area contributed by atoms with Crippen LogP contribution in [0, 0.1) is 0 Å². The normalized spacial score (nSPS) is 10.9. The first-order chi connectivity index (χ1) is 17.5. The molecule has 7 heteroatoms. The molecule has 3 amide bonds. The molecule has 0 heterocycles. The number of hydrogen-bond donors (Lipinski definition) is 3. The van der Waals surface area contributed by atoms with Crippen molar-refractivity contribution in [1.29, 1.82) is 0 Å². The second-order valence-electron chi connectivity index (χ2n) is 9.76. The van der Waals surface area contributed by atoms with Crippen LogP contribution in [0.15, 0.2) is 29.2 Å². The number of aromatic hydroxyl groups is 1. The van der Waals surface area contributed by atoms with Gasteiger partial charge in [0.2, 0.25) is 5.91 Å². The molecule has 0 radical (unpaired) electrons. The van der Waals surface area contributed by atoms with Crippen molar-refractivity contribution >= 4 is 23.7 Å². The van der Waals surface area contributed by atoms with Crippen LogP contribution in [0.25, 0.3) is 0 Å². The minimum Gasteiger partial charge on any atom is -0.508 e. The molecule has 0 bridgehead atoms. The van der Waals surface area contributed by atoms with Crippen molar-refractivity contribution in [3.05, 3.63) is 24.3 Å². The number of primary amides is 1. The summed E-state index contributed by atoms with van der Waals surface area (Å²) in [4.78, 5) is 26.3. The van der Waals surface area contributed by atoms with Crippen LogP contribution in [-0.2, 0) is 4.79 Å². The van der Waals surface area contributed by atoms with Crippen LogP contribution in [0.3, 0.4) is 0 Å². The van der Waals surface area contributed by atoms with Crippen molar-refractivity contribution in [2.24, 2.45) is 5.73 Å². The van der Waals surface area contributed by atoms with E-state index in [1.54, 1.807) is 23.9 Å². The molecule has 1 aromatic carbocycles. The molecule has 0 atom stereocenters. The lowest BCUT2D eigenvalue weighted by Gasteiger charge is -2.20. The van der Waals surface area contributed by atoms with Gasteiger partial charge in [-0.3, -0.25) is 4.79 Å². The summed E-state index contributed by atoms with van der Waals surface area (Å²) in [5.74, 6) is 0.763. The van der Waals surface area contributed by atoms with Crippen molar-refractivity contribution in [2.75, 3.05) is 19.0 Å². The zero-order valence-corrected chi connectivity index (χ0v) is 23.5. The summed E-state index contributed by atoms with van der Waals surface area (Å²) in [5.41, 5.74) is 5.49. The third kappa shape index (κ3) is 18.4. The standard InChI is InChI=1S/C29H51N3O3S/c1-2-3-4-5-6-7-8-9-10-11-12-13-14-15-16-17-23-32(29(30)35)25-31-28(34)22-24-36-27-20-18-26(33)19-21-27/h18-21,33H,2-17,22-25H2,1H3,(H2,30,35)(H,31,34). The van der Waals surface area contributed by atoms with Crippen LogP contribution in [0.1, 0.15) is 116 Å². The molecular weight excluding hydrogens is 470 g/mol. The van der Waals surface area contributed by atoms with Gasteiger partial charge in [-0.05, 0) is 30.7 Å². The molecule has 36 heavy (non-hydrogen) atoms. The Bertz CT molecular complexity index is 685. The van der Waals surface area contributed by atoms with Gasteiger partial charge in [-0.1, -0.05) is 103 Å². The third-order valence-electron chi connectivity index (χ3n) is 6.49. The summed E-state index contributed by atoms with van der Waals surface area (Å²) < 4.78 is 0. The molecule has 0 aliphatic carbocycles. The summed E-state index contributed by atoms with van der Waals surface area (Å²) in [6.45, 7) is 3.01. The number of carbonyl (C=O) groups excluding carboxylic acids is 2. The van der Waals surface area contributed by atoms with Crippen molar-refractivity contribution in [2.45, 2.75) is 121 Å². The van der Waals surface area contributed by atoms with Gasteiger partial charge in [0.1, 0.15) is 5.75 Å². The number of carbonyl (C=O) groups is 2. The highest BCUT2D eigenvalue weighted by Crippen LogP contribution is 2.21. The van der Waals surface area contributed by atoms with E-state index in [1.165, 1.54) is 94.8 Å². The predicted molar refractivity (Wildman–Crippen MR) is 152 cm³/mol. The highest BCUT2D eigenvalue weighted by molar-refractivity contribution is 7.99. The van der Waals surface area contributed by atoms with Gasteiger partial charge in [-0.2, -0.15) is 0 Å². The highest BCUT2D eigenvalue weighted by Gasteiger charge is 2.11. The number of urea groups is 1. The second kappa shape index (κ2) is 22.3. The van der Waals surface area contributed by atoms with E-state index in [4.69, 9.17) is 5.73 Å². The summed E-state index contributed by atoms with van der Waals surface area (Å²) in [5, 5.41) is 12.1. The molecule has 0 aliphatic heterocycles. The van der Waals surface area contributed by atoms with Crippen LogP contribution < -0.4 is 11.1 Å². The van der Waals surface area contributed by atoms with Crippen LogP contribution >= 0.6 is 11.8 Å². The average molecular weight is 522 g/mol. The number of nitrogens with zero attached hydrogens (tertiary/aromatic N) is 1. The Morgan fingerprint density at radius 2 is 1.28 bits per heavy atom. The number of benzene rings is 1. The van der Waals surface area contributed by atoms with E-state index in [-0.39, 0.29) is 18.3 Å². The largest absolute Gasteiger partial charge is 0.508 e. The molecule has 0 aromatic heterocycles. The van der Waals surface area contributed by atoms with Crippen molar-refractivity contribution in [3.63, 3.8) is 0 Å². The first-order valence-corrected chi connectivity index (χ1v) is 15.2. The predicted octanol–water partition coefficient (Wildman–Crippen LogP) is 7.59. The van der Waals surface area contributed by atoms with Gasteiger partial charge in [0.15, 0.2) is 0 Å². The van der Waals surface area contributed by atoms with Crippen LogP contribution in [0.4, 0.5) is 4.79 Å². The molecular formula is C29H51N3O3S. The summed E-state index contributed by atoms with van der Waals surface area (Å²) in [6, 6.07) is 6.42. The van der Waals surface area contributed by atoms with Gasteiger partial charge < -0.3 is 21.1 Å². The Morgan fingerprint density at radius 1 is 0.806 bits per heavy atom. The fourth-order valence-corrected chi connectivity index (χ4v) is 5.05. The quantitative estimate of drug-likeness (QED) is 0.0785. The Kier molecular flexibility index (Phi) is 19.9. The van der Waals surface area contributed by atoms with Gasteiger partial charge in [-0.25, -0.2) is 4.79 Å². The van der Waals surface area contributed by atoms with E-state index < -0.39 is 6.03 Å². The van der Waals surface area contributed by atoms with E-state index >= 15 is 0 Å². The Labute approximate surface area is 224 Å². The Hall–Kier alpha value is -1.89. The van der Waals surface area contributed by atoms with Gasteiger partial charge in [-0.15, -0.1) is 11.8 Å². The number of hydrogen-bond acceptors (Lipinski definition) is 4. The number of thioether (sulfide) groups is 1. The van der Waals surface area contributed by atoms with Crippen LogP contribution in [0.5, 0.6) is 5.75 Å². The lowest BCUT2D eigenvalue weighted by molar-refractivity contribution is -0.121. The average Bonchev–Trinajstić information content (AvgIpc) is 2.86. The van der Waals surface area contributed by atoms with E-state index in [0.29, 0.717) is 18.7 Å². The molecule has 1 rings (SSSR count). The van der Waals surface area contributed by atoms with Gasteiger partial charge in [0, 0.05) is 23.6 Å².